The lowest BCUT2D eigenvalue weighted by Gasteiger charge is -2.14. The summed E-state index contributed by atoms with van der Waals surface area (Å²) in [5, 5.41) is 29.5. The number of nitrogens with zero attached hydrogens (tertiary/aromatic N) is 3. The summed E-state index contributed by atoms with van der Waals surface area (Å²) in [5.74, 6) is 0.704. The van der Waals surface area contributed by atoms with Gasteiger partial charge in [0.05, 0.1) is 16.6 Å². The molecule has 2 rings (SSSR count). The number of aryl methyl sites for hydroxylation is 1. The van der Waals surface area contributed by atoms with Gasteiger partial charge in [-0.25, -0.2) is 18.5 Å². The largest absolute Gasteiger partial charge is 0.394 e. The average Bonchev–Trinajstić information content (AvgIpc) is 2.55. The van der Waals surface area contributed by atoms with Crippen molar-refractivity contribution in [1.29, 1.82) is 5.26 Å². The number of sulfonamides is 1. The summed E-state index contributed by atoms with van der Waals surface area (Å²) in [6.07, 6.45) is 1.53. The van der Waals surface area contributed by atoms with Gasteiger partial charge in [0.2, 0.25) is 16.0 Å². The molecular weight excluding hydrogens is 424 g/mol. The molecule has 0 saturated heterocycles. The number of nitrogens with one attached hydrogen (secondary N) is 2. The smallest absolute Gasteiger partial charge is 0.239 e. The van der Waals surface area contributed by atoms with Crippen molar-refractivity contribution in [2.45, 2.75) is 24.8 Å². The molecule has 0 radical (unpaired) electrons. The van der Waals surface area contributed by atoms with E-state index in [0.717, 1.165) is 0 Å². The number of halogens is 1. The summed E-state index contributed by atoms with van der Waals surface area (Å²) in [6.45, 7) is 3.26. The van der Waals surface area contributed by atoms with Gasteiger partial charge in [0.1, 0.15) is 16.8 Å². The zero-order valence-corrected chi connectivity index (χ0v) is 16.4. The maximum absolute atomic E-state index is 11.7. The Hall–Kier alpha value is -2.26. The first-order chi connectivity index (χ1) is 12.2. The van der Waals surface area contributed by atoms with Crippen LogP contribution in [0.2, 0.25) is 0 Å². The van der Waals surface area contributed by atoms with Crippen LogP contribution in [0.3, 0.4) is 0 Å². The summed E-state index contributed by atoms with van der Waals surface area (Å²) < 4.78 is 23.9. The molecule has 0 aliphatic carbocycles. The van der Waals surface area contributed by atoms with E-state index in [0.29, 0.717) is 21.5 Å². The third-order valence-electron chi connectivity index (χ3n) is 3.34. The second-order valence-corrected chi connectivity index (χ2v) is 7.92. The fourth-order valence-corrected chi connectivity index (χ4v) is 3.47. The van der Waals surface area contributed by atoms with E-state index in [2.05, 4.69) is 36.5 Å². The van der Waals surface area contributed by atoms with Crippen molar-refractivity contribution in [3.63, 3.8) is 0 Å². The molecule has 0 amide bonds. The van der Waals surface area contributed by atoms with E-state index in [1.165, 1.54) is 18.3 Å². The van der Waals surface area contributed by atoms with Crippen LogP contribution in [-0.4, -0.2) is 36.1 Å². The van der Waals surface area contributed by atoms with Gasteiger partial charge in [0, 0.05) is 17.9 Å². The van der Waals surface area contributed by atoms with Crippen LogP contribution in [-0.2, 0) is 10.0 Å². The molecule has 2 aromatic rings. The molecule has 0 spiro atoms. The number of aromatic nitrogens is 2. The van der Waals surface area contributed by atoms with Crippen molar-refractivity contribution in [1.82, 2.24) is 9.97 Å². The lowest BCUT2D eigenvalue weighted by atomic mass is 10.1. The molecule has 138 valence electrons. The Morgan fingerprint density at radius 2 is 2.15 bits per heavy atom. The first-order valence-corrected chi connectivity index (χ1v) is 9.74. The highest BCUT2D eigenvalue weighted by atomic mass is 79.9. The third-order valence-corrected chi connectivity index (χ3v) is 5.03. The van der Waals surface area contributed by atoms with E-state index in [4.69, 9.17) is 10.2 Å². The number of hydrogen-bond donors (Lipinski definition) is 4. The van der Waals surface area contributed by atoms with Crippen molar-refractivity contribution in [3.05, 3.63) is 33.9 Å². The normalized spacial score (nSPS) is 12.3. The van der Waals surface area contributed by atoms with Gasteiger partial charge in [-0.3, -0.25) is 0 Å². The summed E-state index contributed by atoms with van der Waals surface area (Å²) in [4.78, 5) is 8.21. The molecule has 0 unspecified atom stereocenters. The van der Waals surface area contributed by atoms with Crippen LogP contribution < -0.4 is 15.8 Å². The van der Waals surface area contributed by atoms with Crippen LogP contribution in [0, 0.1) is 18.3 Å². The topological polar surface area (TPSA) is 154 Å². The van der Waals surface area contributed by atoms with Crippen LogP contribution >= 0.6 is 15.9 Å². The van der Waals surface area contributed by atoms with Crippen molar-refractivity contribution >= 4 is 43.4 Å². The number of nitriles is 1. The van der Waals surface area contributed by atoms with Crippen LogP contribution in [0.25, 0.3) is 0 Å². The van der Waals surface area contributed by atoms with Crippen molar-refractivity contribution in [2.24, 2.45) is 5.14 Å². The summed E-state index contributed by atoms with van der Waals surface area (Å²) in [5.41, 5.74) is 0.702. The molecule has 1 atom stereocenters. The lowest BCUT2D eigenvalue weighted by Crippen LogP contribution is -2.20. The van der Waals surface area contributed by atoms with E-state index >= 15 is 0 Å². The van der Waals surface area contributed by atoms with Gasteiger partial charge < -0.3 is 15.7 Å². The molecule has 1 heterocycles. The van der Waals surface area contributed by atoms with Gasteiger partial charge in [-0.1, -0.05) is 0 Å². The molecule has 0 aliphatic heterocycles. The van der Waals surface area contributed by atoms with Crippen LogP contribution in [0.4, 0.5) is 17.5 Å². The minimum atomic E-state index is -4.02. The molecule has 5 N–H and O–H groups in total. The Labute approximate surface area is 159 Å². The standard InChI is InChI=1S/C15H17BrN6O3S/c1-8-3-11(4-10(5-17)13(8)26(18,24)25)21-15-19-6-12(16)14(22-15)20-9(2)7-23/h3-4,6,9,23H,7H2,1-2H3,(H2,18,24,25)(H2,19,20,21,22)/t9-/m1/s1. The van der Waals surface area contributed by atoms with Crippen LogP contribution in [0.5, 0.6) is 0 Å². The first kappa shape index (κ1) is 20.1. The van der Waals surface area contributed by atoms with Crippen molar-refractivity contribution in [2.75, 3.05) is 17.2 Å². The second-order valence-electron chi connectivity index (χ2n) is 5.57. The SMILES string of the molecule is Cc1cc(Nc2ncc(Br)c(N[C@H](C)CO)n2)cc(C#N)c1S(N)(=O)=O. The zero-order chi connectivity index (χ0) is 19.5. The molecule has 0 fully saturated rings. The van der Waals surface area contributed by atoms with Crippen LogP contribution in [0.15, 0.2) is 27.7 Å². The molecule has 1 aromatic heterocycles. The second kappa shape index (κ2) is 7.96. The molecule has 26 heavy (non-hydrogen) atoms. The van der Waals surface area contributed by atoms with E-state index in [9.17, 15) is 13.7 Å². The number of benzene rings is 1. The van der Waals surface area contributed by atoms with Crippen LogP contribution in [0.1, 0.15) is 18.1 Å². The van der Waals surface area contributed by atoms with E-state index in [1.807, 2.05) is 6.07 Å². The van der Waals surface area contributed by atoms with Crippen molar-refractivity contribution < 1.29 is 13.5 Å². The molecule has 0 aliphatic rings. The number of anilines is 3. The predicted molar refractivity (Wildman–Crippen MR) is 100 cm³/mol. The van der Waals surface area contributed by atoms with Gasteiger partial charge in [0.25, 0.3) is 0 Å². The number of hydrogen-bond acceptors (Lipinski definition) is 8. The molecule has 9 nitrogen and oxygen atoms in total. The number of rotatable bonds is 6. The maximum Gasteiger partial charge on any atom is 0.239 e. The minimum absolute atomic E-state index is 0.0700. The molecule has 0 saturated carbocycles. The fourth-order valence-electron chi connectivity index (χ4n) is 2.24. The maximum atomic E-state index is 11.7. The summed E-state index contributed by atoms with van der Waals surface area (Å²) in [7, 11) is -4.02. The summed E-state index contributed by atoms with van der Waals surface area (Å²) >= 11 is 3.32. The first-order valence-electron chi connectivity index (χ1n) is 7.40. The zero-order valence-electron chi connectivity index (χ0n) is 14.0. The molecule has 0 bridgehead atoms. The molecule has 11 heteroatoms. The Kier molecular flexibility index (Phi) is 6.14. The minimum Gasteiger partial charge on any atom is -0.394 e. The van der Waals surface area contributed by atoms with Gasteiger partial charge in [-0.05, 0) is 47.5 Å². The molecular formula is C15H17BrN6O3S. The number of aliphatic hydroxyl groups excluding tert-OH is 1. The van der Waals surface area contributed by atoms with E-state index in [-0.39, 0.29) is 29.1 Å². The third kappa shape index (κ3) is 4.67. The highest BCUT2D eigenvalue weighted by molar-refractivity contribution is 9.10. The van der Waals surface area contributed by atoms with Gasteiger partial charge in [-0.15, -0.1) is 0 Å². The van der Waals surface area contributed by atoms with Gasteiger partial charge in [0.15, 0.2) is 0 Å². The highest BCUT2D eigenvalue weighted by Crippen LogP contribution is 2.26. The Morgan fingerprint density at radius 3 is 2.73 bits per heavy atom. The fraction of sp³-hybridized carbons (Fsp3) is 0.267. The quantitative estimate of drug-likeness (QED) is 0.527. The number of primary sulfonamides is 1. The lowest BCUT2D eigenvalue weighted by molar-refractivity contribution is 0.281. The van der Waals surface area contributed by atoms with E-state index < -0.39 is 10.0 Å². The van der Waals surface area contributed by atoms with Crippen molar-refractivity contribution in [3.8, 4) is 6.07 Å². The Balaban J connectivity index is 2.39. The highest BCUT2D eigenvalue weighted by Gasteiger charge is 2.19. The monoisotopic (exact) mass is 440 g/mol. The Bertz CT molecular complexity index is 974. The van der Waals surface area contributed by atoms with Gasteiger partial charge in [-0.2, -0.15) is 10.2 Å². The van der Waals surface area contributed by atoms with Gasteiger partial charge >= 0.3 is 0 Å². The average molecular weight is 441 g/mol. The molecule has 1 aromatic carbocycles. The number of aliphatic hydroxyl groups is 1. The Morgan fingerprint density at radius 1 is 1.46 bits per heavy atom. The predicted octanol–water partition coefficient (Wildman–Crippen LogP) is 1.60. The van der Waals surface area contributed by atoms with E-state index in [1.54, 1.807) is 13.8 Å². The number of nitrogens with two attached hydrogens (primary N) is 1. The summed E-state index contributed by atoms with van der Waals surface area (Å²) in [6, 6.07) is 4.52.